The van der Waals surface area contributed by atoms with Gasteiger partial charge in [0.05, 0.1) is 0 Å². The third-order valence-electron chi connectivity index (χ3n) is 10.3. The average molecular weight is 623 g/mol. The summed E-state index contributed by atoms with van der Waals surface area (Å²) in [5, 5.41) is 17.0. The second kappa shape index (κ2) is 9.89. The number of rotatable bonds is 2. The Hall–Kier alpha value is -4.72. The van der Waals surface area contributed by atoms with Crippen LogP contribution in [-0.4, -0.2) is 0 Å². The van der Waals surface area contributed by atoms with Crippen LogP contribution in [0.1, 0.15) is 52.7 Å². The lowest BCUT2D eigenvalue weighted by atomic mass is 9.76. The third kappa shape index (κ3) is 4.26. The van der Waals surface area contributed by atoms with Crippen molar-refractivity contribution in [3.63, 3.8) is 0 Å². The number of hydrogen-bond donors (Lipinski definition) is 0. The maximum atomic E-state index is 2.53. The SMILES string of the molecule is CC(C)(C)c1cc2ccc3cc(C(C)(C)C)cc4c5c(-c6ccccc6)c6cc7sccc7cc6c(-c6ccccc6)c5c(c1)c2c34. The van der Waals surface area contributed by atoms with Crippen LogP contribution in [0.25, 0.3) is 86.2 Å². The minimum absolute atomic E-state index is 0.00500. The zero-order valence-corrected chi connectivity index (χ0v) is 28.8. The quantitative estimate of drug-likeness (QED) is 0.133. The van der Waals surface area contributed by atoms with E-state index in [-0.39, 0.29) is 10.8 Å². The zero-order valence-electron chi connectivity index (χ0n) is 28.0. The fourth-order valence-electron chi connectivity index (χ4n) is 7.88. The van der Waals surface area contributed by atoms with Crippen LogP contribution in [0.4, 0.5) is 0 Å². The van der Waals surface area contributed by atoms with Gasteiger partial charge in [0, 0.05) is 4.70 Å². The first-order valence-electron chi connectivity index (χ1n) is 16.8. The molecule has 0 atom stereocenters. The molecule has 0 nitrogen and oxygen atoms in total. The normalized spacial score (nSPS) is 12.9. The number of thiophene rings is 1. The highest BCUT2D eigenvalue weighted by Crippen LogP contribution is 2.53. The van der Waals surface area contributed by atoms with E-state index in [0.717, 1.165) is 0 Å². The summed E-state index contributed by atoms with van der Waals surface area (Å²) in [6.07, 6.45) is 0. The highest BCUT2D eigenvalue weighted by molar-refractivity contribution is 7.17. The lowest BCUT2D eigenvalue weighted by Gasteiger charge is -2.27. The molecule has 1 heteroatoms. The van der Waals surface area contributed by atoms with E-state index in [4.69, 9.17) is 0 Å². The Labute approximate surface area is 280 Å². The van der Waals surface area contributed by atoms with Crippen LogP contribution in [0, 0.1) is 0 Å². The van der Waals surface area contributed by atoms with Crippen molar-refractivity contribution >= 4 is 75.3 Å². The van der Waals surface area contributed by atoms with Gasteiger partial charge < -0.3 is 0 Å². The molecule has 0 aliphatic heterocycles. The molecule has 0 fully saturated rings. The molecule has 47 heavy (non-hydrogen) atoms. The van der Waals surface area contributed by atoms with Crippen LogP contribution in [-0.2, 0) is 10.8 Å². The summed E-state index contributed by atoms with van der Waals surface area (Å²) in [5.74, 6) is 0. The van der Waals surface area contributed by atoms with E-state index in [2.05, 4.69) is 162 Å². The Kier molecular flexibility index (Phi) is 6.00. The minimum Gasteiger partial charge on any atom is -0.144 e. The van der Waals surface area contributed by atoms with Crippen LogP contribution in [0.5, 0.6) is 0 Å². The smallest absolute Gasteiger partial charge is 0.0349 e. The first-order chi connectivity index (χ1) is 22.6. The van der Waals surface area contributed by atoms with Crippen LogP contribution in [0.3, 0.4) is 0 Å². The molecule has 9 rings (SSSR count). The molecule has 0 N–H and O–H groups in total. The molecule has 0 bridgehead atoms. The molecular weight excluding hydrogens is 585 g/mol. The van der Waals surface area contributed by atoms with Gasteiger partial charge in [0.2, 0.25) is 0 Å². The summed E-state index contributed by atoms with van der Waals surface area (Å²) >= 11 is 1.83. The molecule has 1 heterocycles. The van der Waals surface area contributed by atoms with Gasteiger partial charge in [0.25, 0.3) is 0 Å². The van der Waals surface area contributed by atoms with E-state index in [9.17, 15) is 0 Å². The average Bonchev–Trinajstić information content (AvgIpc) is 3.52. The molecule has 8 aromatic carbocycles. The topological polar surface area (TPSA) is 0 Å². The van der Waals surface area contributed by atoms with Crippen molar-refractivity contribution in [2.45, 2.75) is 52.4 Å². The van der Waals surface area contributed by atoms with Crippen molar-refractivity contribution in [2.75, 3.05) is 0 Å². The van der Waals surface area contributed by atoms with Crippen molar-refractivity contribution in [3.8, 4) is 22.3 Å². The Bertz CT molecular complexity index is 2470. The molecule has 0 aliphatic rings. The molecule has 0 spiro atoms. The van der Waals surface area contributed by atoms with Gasteiger partial charge in [-0.3, -0.25) is 0 Å². The molecule has 0 saturated heterocycles. The van der Waals surface area contributed by atoms with Gasteiger partial charge in [-0.15, -0.1) is 11.3 Å². The Morgan fingerprint density at radius 3 is 1.34 bits per heavy atom. The van der Waals surface area contributed by atoms with Gasteiger partial charge >= 0.3 is 0 Å². The monoisotopic (exact) mass is 622 g/mol. The molecule has 1 aromatic heterocycles. The van der Waals surface area contributed by atoms with Crippen molar-refractivity contribution in [1.82, 2.24) is 0 Å². The number of benzene rings is 8. The summed E-state index contributed by atoms with van der Waals surface area (Å²) in [5.41, 5.74) is 7.95. The summed E-state index contributed by atoms with van der Waals surface area (Å²) in [4.78, 5) is 0. The van der Waals surface area contributed by atoms with E-state index >= 15 is 0 Å². The van der Waals surface area contributed by atoms with Crippen LogP contribution >= 0.6 is 11.3 Å². The van der Waals surface area contributed by atoms with Gasteiger partial charge in [-0.05, 0) is 139 Å². The number of hydrogen-bond acceptors (Lipinski definition) is 1. The van der Waals surface area contributed by atoms with Crippen molar-refractivity contribution in [2.24, 2.45) is 0 Å². The van der Waals surface area contributed by atoms with E-state index in [1.807, 2.05) is 11.3 Å². The molecular formula is C46H38S. The Morgan fingerprint density at radius 2 is 0.872 bits per heavy atom. The molecule has 0 amide bonds. The Morgan fingerprint density at radius 1 is 0.404 bits per heavy atom. The number of fused-ring (bicyclic) bond motifs is 5. The fourth-order valence-corrected chi connectivity index (χ4v) is 8.69. The first-order valence-corrected chi connectivity index (χ1v) is 17.6. The lowest BCUT2D eigenvalue weighted by molar-refractivity contribution is 0.591. The molecule has 9 aromatic rings. The van der Waals surface area contributed by atoms with E-state index < -0.39 is 0 Å². The maximum Gasteiger partial charge on any atom is 0.0349 e. The van der Waals surface area contributed by atoms with Gasteiger partial charge in [0.15, 0.2) is 0 Å². The zero-order chi connectivity index (χ0) is 32.2. The second-order valence-corrected chi connectivity index (χ2v) is 16.3. The summed E-state index contributed by atoms with van der Waals surface area (Å²) in [7, 11) is 0. The van der Waals surface area contributed by atoms with E-state index in [1.54, 1.807) is 0 Å². The minimum atomic E-state index is 0.00500. The fraction of sp³-hybridized carbons (Fsp3) is 0.174. The molecule has 0 aliphatic carbocycles. The van der Waals surface area contributed by atoms with Crippen molar-refractivity contribution in [3.05, 3.63) is 132 Å². The van der Waals surface area contributed by atoms with Crippen LogP contribution in [0.2, 0.25) is 0 Å². The predicted octanol–water partition coefficient (Wildman–Crippen LogP) is 14.0. The Balaban J connectivity index is 1.70. The lowest BCUT2D eigenvalue weighted by Crippen LogP contribution is -2.12. The second-order valence-electron chi connectivity index (χ2n) is 15.4. The van der Waals surface area contributed by atoms with E-state index in [1.165, 1.54) is 97.3 Å². The standard InChI is InChI=1S/C46H38S/c1-45(2,3)32-21-30-17-18-31-22-33(46(4,5)6)25-37-42(31)41(30)36(24-32)43-39(27-13-9-7-10-14-27)34-23-29-19-20-47-38(29)26-35(34)40(44(37)43)28-15-11-8-12-16-28/h7-26H,1-6H3. The van der Waals surface area contributed by atoms with Crippen molar-refractivity contribution in [1.29, 1.82) is 0 Å². The largest absolute Gasteiger partial charge is 0.144 e. The summed E-state index contributed by atoms with van der Waals surface area (Å²) < 4.78 is 1.33. The highest BCUT2D eigenvalue weighted by Gasteiger charge is 2.27. The van der Waals surface area contributed by atoms with Gasteiger partial charge in [-0.1, -0.05) is 126 Å². The highest BCUT2D eigenvalue weighted by atomic mass is 32.1. The van der Waals surface area contributed by atoms with Crippen LogP contribution < -0.4 is 0 Å². The molecule has 0 saturated carbocycles. The van der Waals surface area contributed by atoms with Crippen LogP contribution in [0.15, 0.2) is 121 Å². The molecule has 0 radical (unpaired) electrons. The van der Waals surface area contributed by atoms with Gasteiger partial charge in [0.1, 0.15) is 0 Å². The summed E-state index contributed by atoms with van der Waals surface area (Å²) in [6.45, 7) is 14.0. The first kappa shape index (κ1) is 28.5. The molecule has 0 unspecified atom stereocenters. The van der Waals surface area contributed by atoms with Gasteiger partial charge in [-0.25, -0.2) is 0 Å². The van der Waals surface area contributed by atoms with Crippen molar-refractivity contribution < 1.29 is 0 Å². The van der Waals surface area contributed by atoms with Gasteiger partial charge in [-0.2, -0.15) is 0 Å². The molecule has 228 valence electrons. The third-order valence-corrected chi connectivity index (χ3v) is 11.2. The predicted molar refractivity (Wildman–Crippen MR) is 209 cm³/mol. The van der Waals surface area contributed by atoms with E-state index in [0.29, 0.717) is 0 Å². The summed E-state index contributed by atoms with van der Waals surface area (Å²) in [6, 6.07) is 44.2. The maximum absolute atomic E-state index is 2.53.